The van der Waals surface area contributed by atoms with Gasteiger partial charge < -0.3 is 10.1 Å². The van der Waals surface area contributed by atoms with Crippen molar-refractivity contribution < 1.29 is 14.3 Å². The first-order valence-electron chi connectivity index (χ1n) is 9.75. The minimum atomic E-state index is -0.861. The molecule has 0 fully saturated rings. The minimum Gasteiger partial charge on any atom is -0.488 e. The molecule has 0 radical (unpaired) electrons. The van der Waals surface area contributed by atoms with E-state index in [2.05, 4.69) is 15.8 Å². The van der Waals surface area contributed by atoms with Gasteiger partial charge in [0, 0.05) is 27.7 Å². The lowest BCUT2D eigenvalue weighted by Gasteiger charge is -2.10. The Hall–Kier alpha value is -3.35. The topological polar surface area (TPSA) is 79.8 Å². The highest BCUT2D eigenvalue weighted by atomic mass is 35.5. The van der Waals surface area contributed by atoms with E-state index >= 15 is 0 Å². The van der Waals surface area contributed by atoms with E-state index in [1.54, 1.807) is 36.4 Å². The number of para-hydroxylation sites is 1. The standard InChI is InChI=1S/C24H21Cl2N3O3/c1-16-6-8-17(9-7-16)13-27-23(30)24(31)29-28-14-18-4-2-3-5-22(18)32-15-19-10-11-20(25)12-21(19)26/h2-12,14H,13,15H2,1H3,(H,27,30)(H,29,31)/b28-14-. The van der Waals surface area contributed by atoms with Gasteiger partial charge in [0.05, 0.1) is 6.21 Å². The van der Waals surface area contributed by atoms with Crippen LogP contribution in [0.15, 0.2) is 71.8 Å². The molecule has 2 amide bonds. The number of aryl methyl sites for hydroxylation is 1. The lowest BCUT2D eigenvalue weighted by molar-refractivity contribution is -0.139. The number of nitrogens with one attached hydrogen (secondary N) is 2. The van der Waals surface area contributed by atoms with Crippen molar-refractivity contribution in [1.29, 1.82) is 0 Å². The second kappa shape index (κ2) is 11.3. The Morgan fingerprint density at radius 1 is 1.00 bits per heavy atom. The molecule has 0 spiro atoms. The van der Waals surface area contributed by atoms with E-state index in [0.717, 1.165) is 16.7 Å². The van der Waals surface area contributed by atoms with E-state index in [-0.39, 0.29) is 13.2 Å². The summed E-state index contributed by atoms with van der Waals surface area (Å²) in [5.74, 6) is -1.09. The number of hydrazone groups is 1. The average molecular weight is 470 g/mol. The lowest BCUT2D eigenvalue weighted by Crippen LogP contribution is -2.37. The molecule has 2 N–H and O–H groups in total. The molecule has 8 heteroatoms. The van der Waals surface area contributed by atoms with E-state index in [1.165, 1.54) is 6.21 Å². The molecule has 0 aromatic heterocycles. The molecule has 0 aliphatic heterocycles. The zero-order valence-corrected chi connectivity index (χ0v) is 18.8. The summed E-state index contributed by atoms with van der Waals surface area (Å²) in [4.78, 5) is 23.9. The monoisotopic (exact) mass is 469 g/mol. The fraction of sp³-hybridized carbons (Fsp3) is 0.125. The summed E-state index contributed by atoms with van der Waals surface area (Å²) in [5.41, 5.74) is 5.64. The first-order valence-corrected chi connectivity index (χ1v) is 10.5. The van der Waals surface area contributed by atoms with Gasteiger partial charge in [-0.15, -0.1) is 0 Å². The quantitative estimate of drug-likeness (QED) is 0.300. The predicted molar refractivity (Wildman–Crippen MR) is 126 cm³/mol. The Kier molecular flexibility index (Phi) is 8.25. The summed E-state index contributed by atoms with van der Waals surface area (Å²) in [6.45, 7) is 2.46. The van der Waals surface area contributed by atoms with Crippen LogP contribution in [0.4, 0.5) is 0 Å². The van der Waals surface area contributed by atoms with Gasteiger partial charge in [0.25, 0.3) is 0 Å². The SMILES string of the molecule is Cc1ccc(CNC(=O)C(=O)N/N=C\c2ccccc2OCc2ccc(Cl)cc2Cl)cc1. The number of ether oxygens (including phenoxy) is 1. The second-order valence-corrected chi connectivity index (χ2v) is 7.77. The summed E-state index contributed by atoms with van der Waals surface area (Å²) in [7, 11) is 0. The van der Waals surface area contributed by atoms with Gasteiger partial charge in [0.1, 0.15) is 12.4 Å². The Morgan fingerprint density at radius 2 is 1.75 bits per heavy atom. The number of nitrogens with zero attached hydrogens (tertiary/aromatic N) is 1. The molecule has 0 aliphatic carbocycles. The smallest absolute Gasteiger partial charge is 0.329 e. The van der Waals surface area contributed by atoms with Crippen molar-refractivity contribution in [3.05, 3.63) is 99.0 Å². The first-order chi connectivity index (χ1) is 15.4. The fourth-order valence-electron chi connectivity index (χ4n) is 2.69. The molecule has 0 aliphatic rings. The van der Waals surface area contributed by atoms with E-state index in [9.17, 15) is 9.59 Å². The molecule has 0 saturated carbocycles. The molecule has 3 aromatic rings. The molecule has 0 heterocycles. The molecule has 6 nitrogen and oxygen atoms in total. The maximum absolute atomic E-state index is 12.0. The molecule has 3 rings (SSSR count). The second-order valence-electron chi connectivity index (χ2n) is 6.93. The van der Waals surface area contributed by atoms with Crippen molar-refractivity contribution in [2.75, 3.05) is 0 Å². The fourth-order valence-corrected chi connectivity index (χ4v) is 3.16. The Balaban J connectivity index is 1.53. The number of hydrogen-bond acceptors (Lipinski definition) is 4. The van der Waals surface area contributed by atoms with Crippen LogP contribution in [0.2, 0.25) is 10.0 Å². The number of halogens is 2. The third-order valence-corrected chi connectivity index (χ3v) is 5.05. The number of rotatable bonds is 7. The van der Waals surface area contributed by atoms with Gasteiger partial charge in [0.15, 0.2) is 0 Å². The molecule has 0 bridgehead atoms. The lowest BCUT2D eigenvalue weighted by atomic mass is 10.1. The van der Waals surface area contributed by atoms with Crippen LogP contribution in [0.1, 0.15) is 22.3 Å². The number of benzene rings is 3. The zero-order chi connectivity index (χ0) is 22.9. The maximum atomic E-state index is 12.0. The van der Waals surface area contributed by atoms with Gasteiger partial charge in [-0.1, -0.05) is 71.2 Å². The van der Waals surface area contributed by atoms with Gasteiger partial charge in [-0.2, -0.15) is 5.10 Å². The summed E-state index contributed by atoms with van der Waals surface area (Å²) in [6.07, 6.45) is 1.41. The van der Waals surface area contributed by atoms with E-state index in [4.69, 9.17) is 27.9 Å². The summed E-state index contributed by atoms with van der Waals surface area (Å²) in [5, 5.41) is 7.47. The highest BCUT2D eigenvalue weighted by Crippen LogP contribution is 2.23. The molecule has 0 atom stereocenters. The van der Waals surface area contributed by atoms with E-state index in [0.29, 0.717) is 21.4 Å². The highest BCUT2D eigenvalue weighted by Gasteiger charge is 2.12. The third-order valence-electron chi connectivity index (χ3n) is 4.47. The molecule has 0 saturated heterocycles. The van der Waals surface area contributed by atoms with Crippen molar-refractivity contribution in [2.24, 2.45) is 5.10 Å². The van der Waals surface area contributed by atoms with Crippen LogP contribution in [0, 0.1) is 6.92 Å². The number of amides is 2. The Morgan fingerprint density at radius 3 is 2.50 bits per heavy atom. The largest absolute Gasteiger partial charge is 0.488 e. The Bertz CT molecular complexity index is 1130. The number of carbonyl (C=O) groups is 2. The number of hydrogen-bond donors (Lipinski definition) is 2. The third kappa shape index (κ3) is 6.83. The van der Waals surface area contributed by atoms with Crippen LogP contribution in [0.25, 0.3) is 0 Å². The molecule has 3 aromatic carbocycles. The van der Waals surface area contributed by atoms with Crippen molar-refractivity contribution in [3.63, 3.8) is 0 Å². The molecule has 0 unspecified atom stereocenters. The van der Waals surface area contributed by atoms with Gasteiger partial charge in [0.2, 0.25) is 0 Å². The van der Waals surface area contributed by atoms with Crippen LogP contribution >= 0.6 is 23.2 Å². The van der Waals surface area contributed by atoms with Crippen molar-refractivity contribution in [1.82, 2.24) is 10.7 Å². The summed E-state index contributed by atoms with van der Waals surface area (Å²) < 4.78 is 5.83. The van der Waals surface area contributed by atoms with E-state index in [1.807, 2.05) is 37.3 Å². The minimum absolute atomic E-state index is 0.231. The number of carbonyl (C=O) groups excluding carboxylic acids is 2. The van der Waals surface area contributed by atoms with Gasteiger partial charge in [-0.25, -0.2) is 5.43 Å². The maximum Gasteiger partial charge on any atom is 0.329 e. The molecular weight excluding hydrogens is 449 g/mol. The van der Waals surface area contributed by atoms with Crippen LogP contribution in [-0.2, 0) is 22.7 Å². The van der Waals surface area contributed by atoms with Crippen LogP contribution in [-0.4, -0.2) is 18.0 Å². The van der Waals surface area contributed by atoms with Crippen molar-refractivity contribution in [3.8, 4) is 5.75 Å². The average Bonchev–Trinajstić information content (AvgIpc) is 2.78. The van der Waals surface area contributed by atoms with Crippen molar-refractivity contribution >= 4 is 41.2 Å². The van der Waals surface area contributed by atoms with Crippen LogP contribution in [0.5, 0.6) is 5.75 Å². The zero-order valence-electron chi connectivity index (χ0n) is 17.3. The highest BCUT2D eigenvalue weighted by molar-refractivity contribution is 6.35. The first kappa shape index (κ1) is 23.3. The normalized spacial score (nSPS) is 10.7. The van der Waals surface area contributed by atoms with Crippen molar-refractivity contribution in [2.45, 2.75) is 20.1 Å². The predicted octanol–water partition coefficient (Wildman–Crippen LogP) is 4.65. The molecule has 32 heavy (non-hydrogen) atoms. The summed E-state index contributed by atoms with van der Waals surface area (Å²) >= 11 is 12.1. The van der Waals surface area contributed by atoms with Crippen LogP contribution in [0.3, 0.4) is 0 Å². The summed E-state index contributed by atoms with van der Waals surface area (Å²) in [6, 6.07) is 20.0. The van der Waals surface area contributed by atoms with Gasteiger partial charge in [-0.05, 0) is 36.8 Å². The molecule has 164 valence electrons. The van der Waals surface area contributed by atoms with Gasteiger partial charge >= 0.3 is 11.8 Å². The van der Waals surface area contributed by atoms with Crippen LogP contribution < -0.4 is 15.5 Å². The van der Waals surface area contributed by atoms with E-state index < -0.39 is 11.8 Å². The Labute approximate surface area is 196 Å². The molecular formula is C24H21Cl2N3O3. The van der Waals surface area contributed by atoms with Gasteiger partial charge in [-0.3, -0.25) is 9.59 Å².